The van der Waals surface area contributed by atoms with Crippen LogP contribution in [0.4, 0.5) is 0 Å². The molecule has 2 N–H and O–H groups in total. The zero-order chi connectivity index (χ0) is 9.07. The number of hydrogen-bond acceptors (Lipinski definition) is 2. The van der Waals surface area contributed by atoms with Gasteiger partial charge in [0.15, 0.2) is 0 Å². The van der Waals surface area contributed by atoms with E-state index >= 15 is 0 Å². The minimum atomic E-state index is -0.776. The Bertz CT molecular complexity index is 138. The molecular weight excluding hydrogens is 142 g/mol. The summed E-state index contributed by atoms with van der Waals surface area (Å²) in [4.78, 5) is 10.5. The molecule has 0 bridgehead atoms. The van der Waals surface area contributed by atoms with Crippen LogP contribution in [0, 0.1) is 0 Å². The van der Waals surface area contributed by atoms with Gasteiger partial charge in [0.25, 0.3) is 0 Å². The van der Waals surface area contributed by atoms with E-state index in [0.717, 1.165) is 0 Å². The minimum Gasteiger partial charge on any atom is -0.480 e. The fourth-order valence-electron chi connectivity index (χ4n) is 0.861. The fraction of sp³-hybridized carbons (Fsp3) is 0.875. The van der Waals surface area contributed by atoms with Crippen LogP contribution in [0.25, 0.3) is 0 Å². The number of aliphatic carboxylic acids is 1. The lowest BCUT2D eigenvalue weighted by Crippen LogP contribution is -2.47. The van der Waals surface area contributed by atoms with Gasteiger partial charge in [-0.05, 0) is 27.2 Å². The number of nitrogens with one attached hydrogen (secondary N) is 1. The van der Waals surface area contributed by atoms with Gasteiger partial charge in [0, 0.05) is 5.54 Å². The van der Waals surface area contributed by atoms with Crippen LogP contribution in [0.2, 0.25) is 0 Å². The van der Waals surface area contributed by atoms with Gasteiger partial charge in [-0.3, -0.25) is 10.1 Å². The Morgan fingerprint density at radius 2 is 2.00 bits per heavy atom. The van der Waals surface area contributed by atoms with Crippen LogP contribution < -0.4 is 5.32 Å². The highest BCUT2D eigenvalue weighted by atomic mass is 16.4. The first-order chi connectivity index (χ1) is 4.87. The van der Waals surface area contributed by atoms with Crippen LogP contribution in [0.1, 0.15) is 34.1 Å². The Balaban J connectivity index is 3.99. The Morgan fingerprint density at radius 3 is 2.09 bits per heavy atom. The van der Waals surface area contributed by atoms with Gasteiger partial charge >= 0.3 is 5.97 Å². The van der Waals surface area contributed by atoms with E-state index in [1.54, 1.807) is 0 Å². The van der Waals surface area contributed by atoms with Crippen LogP contribution in [0.5, 0.6) is 0 Å². The summed E-state index contributed by atoms with van der Waals surface area (Å²) >= 11 is 0. The third kappa shape index (κ3) is 4.79. The van der Waals surface area contributed by atoms with Crippen LogP contribution in [0.15, 0.2) is 0 Å². The Morgan fingerprint density at radius 1 is 1.55 bits per heavy atom. The number of carboxylic acids is 1. The number of carboxylic acid groups (broad SMARTS) is 1. The van der Waals surface area contributed by atoms with Gasteiger partial charge < -0.3 is 5.11 Å². The van der Waals surface area contributed by atoms with Gasteiger partial charge in [0.05, 0.1) is 0 Å². The summed E-state index contributed by atoms with van der Waals surface area (Å²) in [6.45, 7) is 7.73. The van der Waals surface area contributed by atoms with Crippen LogP contribution in [0.3, 0.4) is 0 Å². The topological polar surface area (TPSA) is 49.3 Å². The molecule has 0 aromatic rings. The molecule has 0 saturated carbocycles. The molecule has 0 rings (SSSR count). The van der Waals surface area contributed by atoms with Gasteiger partial charge in [-0.25, -0.2) is 0 Å². The van der Waals surface area contributed by atoms with Crippen molar-refractivity contribution in [2.24, 2.45) is 0 Å². The molecule has 0 amide bonds. The van der Waals surface area contributed by atoms with E-state index in [9.17, 15) is 4.79 Å². The zero-order valence-electron chi connectivity index (χ0n) is 7.64. The largest absolute Gasteiger partial charge is 0.480 e. The van der Waals surface area contributed by atoms with Gasteiger partial charge in [-0.1, -0.05) is 6.92 Å². The summed E-state index contributed by atoms with van der Waals surface area (Å²) in [6, 6.07) is -0.421. The van der Waals surface area contributed by atoms with Crippen molar-refractivity contribution in [2.75, 3.05) is 0 Å². The standard InChI is InChI=1S/C8H17NO2/c1-5-6(7(10)11)9-8(2,3)4/h6,9H,5H2,1-4H3,(H,10,11)/t6-/m0/s1. The van der Waals surface area contributed by atoms with E-state index in [-0.39, 0.29) is 5.54 Å². The first kappa shape index (κ1) is 10.4. The average Bonchev–Trinajstić information content (AvgIpc) is 1.80. The Kier molecular flexibility index (Phi) is 3.52. The molecule has 0 spiro atoms. The second kappa shape index (κ2) is 3.72. The maximum absolute atomic E-state index is 10.5. The van der Waals surface area contributed by atoms with Crippen molar-refractivity contribution in [3.8, 4) is 0 Å². The highest BCUT2D eigenvalue weighted by molar-refractivity contribution is 5.73. The molecule has 1 atom stereocenters. The van der Waals surface area contributed by atoms with E-state index in [4.69, 9.17) is 5.11 Å². The van der Waals surface area contributed by atoms with Gasteiger partial charge in [-0.15, -0.1) is 0 Å². The molecule has 11 heavy (non-hydrogen) atoms. The predicted molar refractivity (Wildman–Crippen MR) is 44.6 cm³/mol. The average molecular weight is 159 g/mol. The Hall–Kier alpha value is -0.570. The molecule has 0 saturated heterocycles. The van der Waals surface area contributed by atoms with Crippen molar-refractivity contribution in [1.29, 1.82) is 0 Å². The highest BCUT2D eigenvalue weighted by Gasteiger charge is 2.20. The van der Waals surface area contributed by atoms with E-state index in [0.29, 0.717) is 6.42 Å². The lowest BCUT2D eigenvalue weighted by atomic mass is 10.1. The summed E-state index contributed by atoms with van der Waals surface area (Å²) in [5.41, 5.74) is -0.126. The van der Waals surface area contributed by atoms with Crippen LogP contribution in [-0.2, 0) is 4.79 Å². The van der Waals surface area contributed by atoms with E-state index < -0.39 is 12.0 Å². The third-order valence-corrected chi connectivity index (χ3v) is 1.31. The molecule has 0 aromatic heterocycles. The monoisotopic (exact) mass is 159 g/mol. The number of carbonyl (C=O) groups is 1. The lowest BCUT2D eigenvalue weighted by Gasteiger charge is -2.24. The summed E-state index contributed by atoms with van der Waals surface area (Å²) in [6.07, 6.45) is 0.618. The quantitative estimate of drug-likeness (QED) is 0.651. The summed E-state index contributed by atoms with van der Waals surface area (Å²) in [5.74, 6) is -0.776. The Labute approximate surface area is 67.8 Å². The van der Waals surface area contributed by atoms with E-state index in [1.165, 1.54) is 0 Å². The predicted octanol–water partition coefficient (Wildman–Crippen LogP) is 1.24. The van der Waals surface area contributed by atoms with Crippen molar-refractivity contribution in [2.45, 2.75) is 45.7 Å². The molecule has 0 aliphatic rings. The first-order valence-corrected chi connectivity index (χ1v) is 3.87. The molecule has 3 heteroatoms. The smallest absolute Gasteiger partial charge is 0.320 e. The van der Waals surface area contributed by atoms with Crippen molar-refractivity contribution >= 4 is 5.97 Å². The van der Waals surface area contributed by atoms with Crippen molar-refractivity contribution in [3.63, 3.8) is 0 Å². The third-order valence-electron chi connectivity index (χ3n) is 1.31. The summed E-state index contributed by atoms with van der Waals surface area (Å²) < 4.78 is 0. The molecule has 0 heterocycles. The van der Waals surface area contributed by atoms with E-state index in [2.05, 4.69) is 5.32 Å². The van der Waals surface area contributed by atoms with Crippen molar-refractivity contribution in [3.05, 3.63) is 0 Å². The summed E-state index contributed by atoms with van der Waals surface area (Å²) in [5, 5.41) is 11.7. The second-order valence-electron chi connectivity index (χ2n) is 3.69. The van der Waals surface area contributed by atoms with Gasteiger partial charge in [-0.2, -0.15) is 0 Å². The molecule has 0 unspecified atom stereocenters. The number of hydrogen-bond donors (Lipinski definition) is 2. The molecule has 0 aromatic carbocycles. The number of rotatable bonds is 3. The normalized spacial score (nSPS) is 14.5. The molecule has 0 aliphatic carbocycles. The van der Waals surface area contributed by atoms with Gasteiger partial charge in [0.1, 0.15) is 6.04 Å². The molecule has 0 fully saturated rings. The second-order valence-corrected chi connectivity index (χ2v) is 3.69. The first-order valence-electron chi connectivity index (χ1n) is 3.87. The van der Waals surface area contributed by atoms with Gasteiger partial charge in [0.2, 0.25) is 0 Å². The fourth-order valence-corrected chi connectivity index (χ4v) is 0.861. The minimum absolute atomic E-state index is 0.126. The van der Waals surface area contributed by atoms with Crippen molar-refractivity contribution in [1.82, 2.24) is 5.32 Å². The van der Waals surface area contributed by atoms with Crippen molar-refractivity contribution < 1.29 is 9.90 Å². The lowest BCUT2D eigenvalue weighted by molar-refractivity contribution is -0.140. The van der Waals surface area contributed by atoms with E-state index in [1.807, 2.05) is 27.7 Å². The molecule has 3 nitrogen and oxygen atoms in total. The molecule has 66 valence electrons. The molecule has 0 radical (unpaired) electrons. The maximum Gasteiger partial charge on any atom is 0.320 e. The molecule has 0 aliphatic heterocycles. The SMILES string of the molecule is CC[C@H](NC(C)(C)C)C(=O)O. The summed E-state index contributed by atoms with van der Waals surface area (Å²) in [7, 11) is 0. The zero-order valence-corrected chi connectivity index (χ0v) is 7.64. The van der Waals surface area contributed by atoms with Crippen LogP contribution in [-0.4, -0.2) is 22.7 Å². The molecular formula is C8H17NO2. The highest BCUT2D eigenvalue weighted by Crippen LogP contribution is 2.03. The maximum atomic E-state index is 10.5. The van der Waals surface area contributed by atoms with Crippen LogP contribution >= 0.6 is 0 Å².